The molecule has 2 rings (SSSR count). The Morgan fingerprint density at radius 2 is 2.12 bits per heavy atom. The lowest BCUT2D eigenvalue weighted by atomic mass is 10.2. The minimum atomic E-state index is -0.264. The molecule has 1 atom stereocenters. The van der Waals surface area contributed by atoms with Crippen LogP contribution in [0, 0.1) is 0 Å². The molecule has 3 N–H and O–H groups in total. The quantitative estimate of drug-likeness (QED) is 0.563. The number of nitrogens with one attached hydrogen (secondary N) is 3. The first-order chi connectivity index (χ1) is 11.6. The molecule has 0 saturated carbocycles. The van der Waals surface area contributed by atoms with Crippen LogP contribution in [0.5, 0.6) is 0 Å². The van der Waals surface area contributed by atoms with Crippen LogP contribution in [0.15, 0.2) is 52.1 Å². The van der Waals surface area contributed by atoms with Crippen molar-refractivity contribution in [3.05, 3.63) is 54.0 Å². The van der Waals surface area contributed by atoms with Crippen molar-refractivity contribution in [3.63, 3.8) is 0 Å². The van der Waals surface area contributed by atoms with Crippen LogP contribution in [-0.2, 0) is 6.54 Å². The van der Waals surface area contributed by atoms with Crippen LogP contribution < -0.4 is 16.0 Å². The summed E-state index contributed by atoms with van der Waals surface area (Å²) in [5.41, 5.74) is 1.76. The molecule has 1 amide bonds. The second-order valence-electron chi connectivity index (χ2n) is 5.51. The number of rotatable bonds is 6. The third-order valence-corrected chi connectivity index (χ3v) is 3.61. The molecule has 6 heteroatoms. The van der Waals surface area contributed by atoms with Gasteiger partial charge in [0.15, 0.2) is 11.7 Å². The van der Waals surface area contributed by atoms with Crippen molar-refractivity contribution in [2.45, 2.75) is 32.9 Å². The van der Waals surface area contributed by atoms with Crippen LogP contribution in [0.1, 0.15) is 36.4 Å². The predicted molar refractivity (Wildman–Crippen MR) is 96.2 cm³/mol. The van der Waals surface area contributed by atoms with Crippen molar-refractivity contribution < 1.29 is 9.21 Å². The zero-order chi connectivity index (χ0) is 17.4. The lowest BCUT2D eigenvalue weighted by molar-refractivity contribution is 0.0996. The molecule has 128 valence electrons. The number of carbonyl (C=O) groups excluding carboxylic acids is 1. The van der Waals surface area contributed by atoms with Gasteiger partial charge in [0.25, 0.3) is 5.91 Å². The van der Waals surface area contributed by atoms with E-state index >= 15 is 0 Å². The predicted octanol–water partition coefficient (Wildman–Crippen LogP) is 3.00. The zero-order valence-electron chi connectivity index (χ0n) is 14.3. The van der Waals surface area contributed by atoms with Crippen LogP contribution in [0.2, 0.25) is 0 Å². The maximum absolute atomic E-state index is 12.0. The van der Waals surface area contributed by atoms with Crippen molar-refractivity contribution in [1.29, 1.82) is 0 Å². The maximum atomic E-state index is 12.0. The van der Waals surface area contributed by atoms with Crippen molar-refractivity contribution in [1.82, 2.24) is 10.6 Å². The summed E-state index contributed by atoms with van der Waals surface area (Å²) in [6.07, 6.45) is 2.50. The van der Waals surface area contributed by atoms with Gasteiger partial charge in [-0.2, -0.15) is 0 Å². The second-order valence-corrected chi connectivity index (χ2v) is 5.51. The number of aliphatic imine (C=N–C) groups is 1. The van der Waals surface area contributed by atoms with E-state index in [0.717, 1.165) is 23.6 Å². The van der Waals surface area contributed by atoms with Gasteiger partial charge >= 0.3 is 0 Å². The molecule has 0 aliphatic carbocycles. The van der Waals surface area contributed by atoms with Gasteiger partial charge in [-0.05, 0) is 43.2 Å². The van der Waals surface area contributed by atoms with Crippen molar-refractivity contribution in [2.75, 3.05) is 12.4 Å². The van der Waals surface area contributed by atoms with E-state index in [1.54, 1.807) is 19.2 Å². The molecule has 6 nitrogen and oxygen atoms in total. The molecular weight excluding hydrogens is 304 g/mol. The molecule has 0 aliphatic heterocycles. The Morgan fingerprint density at radius 3 is 2.79 bits per heavy atom. The molecule has 1 unspecified atom stereocenters. The molecule has 1 aromatic carbocycles. The molecule has 0 fully saturated rings. The van der Waals surface area contributed by atoms with Crippen LogP contribution in [0.3, 0.4) is 0 Å². The van der Waals surface area contributed by atoms with Crippen LogP contribution in [0.4, 0.5) is 5.69 Å². The van der Waals surface area contributed by atoms with Crippen molar-refractivity contribution in [2.24, 2.45) is 4.99 Å². The lowest BCUT2D eigenvalue weighted by Crippen LogP contribution is -2.41. The van der Waals surface area contributed by atoms with E-state index in [1.165, 1.54) is 6.26 Å². The Kier molecular flexibility index (Phi) is 6.42. The van der Waals surface area contributed by atoms with E-state index in [1.807, 2.05) is 24.3 Å². The van der Waals surface area contributed by atoms with Gasteiger partial charge < -0.3 is 20.4 Å². The van der Waals surface area contributed by atoms with E-state index in [-0.39, 0.29) is 11.7 Å². The molecule has 0 saturated heterocycles. The highest BCUT2D eigenvalue weighted by molar-refractivity contribution is 6.02. The van der Waals surface area contributed by atoms with Gasteiger partial charge in [-0.25, -0.2) is 0 Å². The molecular formula is C18H24N4O2. The van der Waals surface area contributed by atoms with Gasteiger partial charge in [0, 0.05) is 25.3 Å². The molecule has 0 bridgehead atoms. The summed E-state index contributed by atoms with van der Waals surface area (Å²) in [5, 5.41) is 9.40. The van der Waals surface area contributed by atoms with Crippen LogP contribution >= 0.6 is 0 Å². The van der Waals surface area contributed by atoms with Crippen molar-refractivity contribution in [3.8, 4) is 0 Å². The molecule has 2 aromatic rings. The average Bonchev–Trinajstić information content (AvgIpc) is 3.13. The van der Waals surface area contributed by atoms with Gasteiger partial charge in [0.2, 0.25) is 0 Å². The topological polar surface area (TPSA) is 78.7 Å². The minimum absolute atomic E-state index is 0.264. The number of hydrogen-bond acceptors (Lipinski definition) is 3. The smallest absolute Gasteiger partial charge is 0.291 e. The van der Waals surface area contributed by atoms with Gasteiger partial charge in [0.1, 0.15) is 0 Å². The molecule has 1 heterocycles. The van der Waals surface area contributed by atoms with E-state index in [9.17, 15) is 4.79 Å². The SMILES string of the molecule is CCC(C)NC(=NC)NCc1cccc(NC(=O)c2ccco2)c1. The van der Waals surface area contributed by atoms with Gasteiger partial charge in [-0.3, -0.25) is 9.79 Å². The van der Waals surface area contributed by atoms with E-state index in [2.05, 4.69) is 34.8 Å². The number of amides is 1. The summed E-state index contributed by atoms with van der Waals surface area (Å²) < 4.78 is 5.09. The summed E-state index contributed by atoms with van der Waals surface area (Å²) in [6, 6.07) is 11.3. The monoisotopic (exact) mass is 328 g/mol. The summed E-state index contributed by atoms with van der Waals surface area (Å²) in [7, 11) is 1.75. The summed E-state index contributed by atoms with van der Waals surface area (Å²) in [6.45, 7) is 4.84. The van der Waals surface area contributed by atoms with Crippen LogP contribution in [-0.4, -0.2) is 25.0 Å². The Balaban J connectivity index is 1.94. The second kappa shape index (κ2) is 8.76. The highest BCUT2D eigenvalue weighted by Gasteiger charge is 2.09. The first-order valence-electron chi connectivity index (χ1n) is 8.03. The minimum Gasteiger partial charge on any atom is -0.459 e. The molecule has 0 spiro atoms. The maximum Gasteiger partial charge on any atom is 0.291 e. The highest BCUT2D eigenvalue weighted by Crippen LogP contribution is 2.12. The van der Waals surface area contributed by atoms with E-state index in [4.69, 9.17) is 4.42 Å². The van der Waals surface area contributed by atoms with Crippen LogP contribution in [0.25, 0.3) is 0 Å². The number of guanidine groups is 1. The number of benzene rings is 1. The molecule has 0 radical (unpaired) electrons. The summed E-state index contributed by atoms with van der Waals surface area (Å²) in [4.78, 5) is 16.2. The Morgan fingerprint density at radius 1 is 1.29 bits per heavy atom. The summed E-state index contributed by atoms with van der Waals surface area (Å²) >= 11 is 0. The zero-order valence-corrected chi connectivity index (χ0v) is 14.3. The third-order valence-electron chi connectivity index (χ3n) is 3.61. The molecule has 24 heavy (non-hydrogen) atoms. The molecule has 0 aliphatic rings. The lowest BCUT2D eigenvalue weighted by Gasteiger charge is -2.16. The fourth-order valence-electron chi connectivity index (χ4n) is 2.08. The molecule has 1 aromatic heterocycles. The largest absolute Gasteiger partial charge is 0.459 e. The fraction of sp³-hybridized carbons (Fsp3) is 0.333. The highest BCUT2D eigenvalue weighted by atomic mass is 16.3. The first-order valence-corrected chi connectivity index (χ1v) is 8.03. The van der Waals surface area contributed by atoms with E-state index < -0.39 is 0 Å². The number of anilines is 1. The average molecular weight is 328 g/mol. The van der Waals surface area contributed by atoms with Gasteiger partial charge in [0.05, 0.1) is 6.26 Å². The van der Waals surface area contributed by atoms with Gasteiger partial charge in [-0.1, -0.05) is 19.1 Å². The Labute approximate surface area is 142 Å². The normalized spacial score (nSPS) is 12.5. The number of furan rings is 1. The number of carbonyl (C=O) groups is 1. The number of nitrogens with zero attached hydrogens (tertiary/aromatic N) is 1. The standard InChI is InChI=1S/C18H24N4O2/c1-4-13(2)21-18(19-3)20-12-14-7-5-8-15(11-14)22-17(23)16-9-6-10-24-16/h5-11,13H,4,12H2,1-3H3,(H,22,23)(H2,19,20,21). The number of hydrogen-bond donors (Lipinski definition) is 3. The van der Waals surface area contributed by atoms with Crippen molar-refractivity contribution >= 4 is 17.6 Å². The van der Waals surface area contributed by atoms with Gasteiger partial charge in [-0.15, -0.1) is 0 Å². The summed E-state index contributed by atoms with van der Waals surface area (Å²) in [5.74, 6) is 0.783. The first kappa shape index (κ1) is 17.6. The Bertz CT molecular complexity index is 680. The fourth-order valence-corrected chi connectivity index (χ4v) is 2.08. The van der Waals surface area contributed by atoms with E-state index in [0.29, 0.717) is 12.6 Å². The third kappa shape index (κ3) is 5.15. The Hall–Kier alpha value is -2.76.